The Morgan fingerprint density at radius 1 is 0.600 bits per heavy atom. The van der Waals surface area contributed by atoms with Crippen LogP contribution < -0.4 is 4.52 Å². The van der Waals surface area contributed by atoms with Crippen molar-refractivity contribution < 1.29 is 18.9 Å². The average Bonchev–Trinajstić information content (AvgIpc) is 2.81. The zero-order valence-corrected chi connectivity index (χ0v) is 23.8. The largest absolute Gasteiger partial charge is 0.524 e. The lowest BCUT2D eigenvalue weighted by Crippen LogP contribution is -2.01. The summed E-state index contributed by atoms with van der Waals surface area (Å²) in [6.45, 7) is 4.52. The van der Waals surface area contributed by atoms with Crippen molar-refractivity contribution in [3.05, 3.63) is 29.3 Å². The maximum Gasteiger partial charge on any atom is 0.524 e. The van der Waals surface area contributed by atoms with E-state index in [0.717, 1.165) is 37.7 Å². The molecule has 2 N–H and O–H groups in total. The highest BCUT2D eigenvalue weighted by atomic mass is 31.2. The summed E-state index contributed by atoms with van der Waals surface area (Å²) in [5.74, 6) is 0.374. The van der Waals surface area contributed by atoms with Crippen molar-refractivity contribution in [3.63, 3.8) is 0 Å². The molecule has 1 rings (SSSR count). The minimum Gasteiger partial charge on any atom is -0.404 e. The van der Waals surface area contributed by atoms with Crippen LogP contribution in [0.4, 0.5) is 0 Å². The van der Waals surface area contributed by atoms with E-state index in [1.54, 1.807) is 6.07 Å². The third-order valence-corrected chi connectivity index (χ3v) is 7.46. The van der Waals surface area contributed by atoms with Gasteiger partial charge in [-0.15, -0.1) is 0 Å². The maximum absolute atomic E-state index is 11.5. The van der Waals surface area contributed by atoms with Gasteiger partial charge < -0.3 is 4.52 Å². The lowest BCUT2D eigenvalue weighted by atomic mass is 9.95. The van der Waals surface area contributed by atoms with E-state index in [1.807, 2.05) is 6.07 Å². The summed E-state index contributed by atoms with van der Waals surface area (Å²) in [5, 5.41) is 0. The van der Waals surface area contributed by atoms with E-state index in [4.69, 9.17) is 4.52 Å². The summed E-state index contributed by atoms with van der Waals surface area (Å²) in [5.41, 5.74) is 2.21. The second-order valence-corrected chi connectivity index (χ2v) is 11.5. The predicted molar refractivity (Wildman–Crippen MR) is 150 cm³/mol. The first-order valence-corrected chi connectivity index (χ1v) is 16.4. The quantitative estimate of drug-likeness (QED) is 0.107. The molecule has 0 saturated carbocycles. The molecule has 0 aliphatic rings. The van der Waals surface area contributed by atoms with Crippen LogP contribution in [0.3, 0.4) is 0 Å². The SMILES string of the molecule is CCCCCCCCCCCCc1cccc(OP(=O)(O)O)c1CCCCCCCCCCCC. The van der Waals surface area contributed by atoms with E-state index in [-0.39, 0.29) is 0 Å². The lowest BCUT2D eigenvalue weighted by molar-refractivity contribution is 0.282. The van der Waals surface area contributed by atoms with Crippen molar-refractivity contribution in [3.8, 4) is 5.75 Å². The van der Waals surface area contributed by atoms with Gasteiger partial charge in [-0.25, -0.2) is 4.57 Å². The summed E-state index contributed by atoms with van der Waals surface area (Å²) in [7, 11) is -4.55. The molecular weight excluding hydrogens is 455 g/mol. The monoisotopic (exact) mass is 510 g/mol. The molecule has 35 heavy (non-hydrogen) atoms. The summed E-state index contributed by atoms with van der Waals surface area (Å²) in [6.07, 6.45) is 27.7. The molecule has 1 aromatic rings. The van der Waals surface area contributed by atoms with E-state index >= 15 is 0 Å². The van der Waals surface area contributed by atoms with Gasteiger partial charge in [0.25, 0.3) is 0 Å². The van der Waals surface area contributed by atoms with Crippen molar-refractivity contribution in [1.82, 2.24) is 0 Å². The van der Waals surface area contributed by atoms with Gasteiger partial charge in [-0.1, -0.05) is 142 Å². The van der Waals surface area contributed by atoms with Gasteiger partial charge in [-0.05, 0) is 42.9 Å². The van der Waals surface area contributed by atoms with Crippen LogP contribution in [0.25, 0.3) is 0 Å². The van der Waals surface area contributed by atoms with Gasteiger partial charge in [0.05, 0.1) is 0 Å². The van der Waals surface area contributed by atoms with E-state index in [9.17, 15) is 14.4 Å². The van der Waals surface area contributed by atoms with Gasteiger partial charge in [-0.3, -0.25) is 9.79 Å². The van der Waals surface area contributed by atoms with Crippen LogP contribution in [0.15, 0.2) is 18.2 Å². The van der Waals surface area contributed by atoms with Crippen molar-refractivity contribution in [2.24, 2.45) is 0 Å². The molecule has 0 bridgehead atoms. The van der Waals surface area contributed by atoms with Gasteiger partial charge in [0.1, 0.15) is 5.75 Å². The molecule has 0 heterocycles. The lowest BCUT2D eigenvalue weighted by Gasteiger charge is -2.16. The van der Waals surface area contributed by atoms with Gasteiger partial charge in [0.2, 0.25) is 0 Å². The molecule has 0 spiro atoms. The van der Waals surface area contributed by atoms with Crippen LogP contribution in [0, 0.1) is 0 Å². The van der Waals surface area contributed by atoms with Gasteiger partial charge in [-0.2, -0.15) is 0 Å². The number of unbranched alkanes of at least 4 members (excludes halogenated alkanes) is 18. The number of aryl methyl sites for hydroxylation is 1. The average molecular weight is 511 g/mol. The number of benzene rings is 1. The Labute approximate surface area is 216 Å². The fraction of sp³-hybridized carbons (Fsp3) is 0.800. The van der Waals surface area contributed by atoms with Crippen molar-refractivity contribution in [2.75, 3.05) is 0 Å². The minimum absolute atomic E-state index is 0.374. The Morgan fingerprint density at radius 3 is 1.43 bits per heavy atom. The number of phosphoric acid groups is 1. The molecule has 0 radical (unpaired) electrons. The molecule has 0 amide bonds. The molecule has 0 aliphatic heterocycles. The molecule has 204 valence electrons. The minimum atomic E-state index is -4.55. The van der Waals surface area contributed by atoms with E-state index in [2.05, 4.69) is 19.9 Å². The molecule has 5 heteroatoms. The highest BCUT2D eigenvalue weighted by molar-refractivity contribution is 7.46. The topological polar surface area (TPSA) is 66.8 Å². The fourth-order valence-corrected chi connectivity index (χ4v) is 5.36. The summed E-state index contributed by atoms with van der Waals surface area (Å²) in [4.78, 5) is 18.8. The van der Waals surface area contributed by atoms with Crippen molar-refractivity contribution in [2.45, 2.75) is 155 Å². The van der Waals surface area contributed by atoms with E-state index in [0.29, 0.717) is 5.75 Å². The highest BCUT2D eigenvalue weighted by Gasteiger charge is 2.19. The van der Waals surface area contributed by atoms with E-state index in [1.165, 1.54) is 115 Å². The highest BCUT2D eigenvalue weighted by Crippen LogP contribution is 2.40. The van der Waals surface area contributed by atoms with Crippen molar-refractivity contribution in [1.29, 1.82) is 0 Å². The van der Waals surface area contributed by atoms with Crippen LogP contribution in [-0.4, -0.2) is 9.79 Å². The first-order valence-electron chi connectivity index (χ1n) is 14.8. The Balaban J connectivity index is 2.40. The molecule has 0 aromatic heterocycles. The molecule has 0 saturated heterocycles. The summed E-state index contributed by atoms with van der Waals surface area (Å²) >= 11 is 0. The van der Waals surface area contributed by atoms with Gasteiger partial charge in [0, 0.05) is 0 Å². The maximum atomic E-state index is 11.5. The van der Waals surface area contributed by atoms with Crippen molar-refractivity contribution >= 4 is 7.82 Å². The third-order valence-electron chi connectivity index (χ3n) is 7.03. The molecular formula is C30H55O4P. The molecule has 4 nitrogen and oxygen atoms in total. The van der Waals surface area contributed by atoms with Gasteiger partial charge >= 0.3 is 7.82 Å². The Morgan fingerprint density at radius 2 is 1.00 bits per heavy atom. The number of phosphoric ester groups is 1. The molecule has 0 fully saturated rings. The molecule has 0 aliphatic carbocycles. The fourth-order valence-electron chi connectivity index (χ4n) is 4.93. The zero-order valence-electron chi connectivity index (χ0n) is 22.9. The predicted octanol–water partition coefficient (Wildman–Crippen LogP) is 10.1. The summed E-state index contributed by atoms with van der Waals surface area (Å²) < 4.78 is 16.6. The summed E-state index contributed by atoms with van der Waals surface area (Å²) in [6, 6.07) is 5.71. The number of rotatable bonds is 24. The Kier molecular flexibility index (Phi) is 19.6. The second kappa shape index (κ2) is 21.3. The van der Waals surface area contributed by atoms with Crippen LogP contribution in [0.5, 0.6) is 5.75 Å². The second-order valence-electron chi connectivity index (χ2n) is 10.3. The standard InChI is InChI=1S/C30H55O4P/c1-3-5-7-9-11-13-15-17-19-21-24-28-25-23-27-30(34-35(31,32)33)29(28)26-22-20-18-16-14-12-10-8-6-4-2/h23,25,27H,3-22,24,26H2,1-2H3,(H2,31,32,33). The first-order chi connectivity index (χ1) is 17.0. The Bertz CT molecular complexity index is 670. The molecule has 0 unspecified atom stereocenters. The normalized spacial score (nSPS) is 11.8. The third kappa shape index (κ3) is 18.1. The zero-order chi connectivity index (χ0) is 25.6. The van der Waals surface area contributed by atoms with E-state index < -0.39 is 7.82 Å². The van der Waals surface area contributed by atoms with Crippen LogP contribution in [0.2, 0.25) is 0 Å². The van der Waals surface area contributed by atoms with Crippen LogP contribution in [-0.2, 0) is 17.4 Å². The Hall–Kier alpha value is -0.830. The van der Waals surface area contributed by atoms with Crippen LogP contribution in [0.1, 0.15) is 153 Å². The first kappa shape index (κ1) is 32.2. The van der Waals surface area contributed by atoms with Gasteiger partial charge in [0.15, 0.2) is 0 Å². The number of hydrogen-bond acceptors (Lipinski definition) is 2. The molecule has 1 aromatic carbocycles. The number of hydrogen-bond donors (Lipinski definition) is 2. The van der Waals surface area contributed by atoms with Crippen LogP contribution >= 0.6 is 7.82 Å². The smallest absolute Gasteiger partial charge is 0.404 e. The molecule has 0 atom stereocenters.